The molecular formula is C18H28N4O2. The van der Waals surface area contributed by atoms with E-state index in [1.807, 2.05) is 0 Å². The number of aryl methyl sites for hydroxylation is 2. The van der Waals surface area contributed by atoms with Gasteiger partial charge >= 0.3 is 5.69 Å². The van der Waals surface area contributed by atoms with Crippen LogP contribution in [0.3, 0.4) is 0 Å². The molecule has 0 bridgehead atoms. The second-order valence-corrected chi connectivity index (χ2v) is 6.93. The number of hydrogen-bond acceptors (Lipinski definition) is 3. The van der Waals surface area contributed by atoms with Crippen molar-refractivity contribution in [3.8, 4) is 0 Å². The van der Waals surface area contributed by atoms with E-state index in [0.29, 0.717) is 23.6 Å². The molecule has 2 aromatic heterocycles. The van der Waals surface area contributed by atoms with Gasteiger partial charge < -0.3 is 4.57 Å². The van der Waals surface area contributed by atoms with Gasteiger partial charge in [-0.1, -0.05) is 18.6 Å². The van der Waals surface area contributed by atoms with Crippen LogP contribution in [0.5, 0.6) is 0 Å². The molecule has 0 aliphatic rings. The van der Waals surface area contributed by atoms with Gasteiger partial charge in [-0.3, -0.25) is 13.9 Å². The molecule has 6 heteroatoms. The van der Waals surface area contributed by atoms with E-state index >= 15 is 0 Å². The van der Waals surface area contributed by atoms with Gasteiger partial charge in [0.2, 0.25) is 0 Å². The standard InChI is InChI=1S/C18H28N4O2/c1-13(2)8-6-9-14(3)10-7-11-22-17(23)15-16(19-12-20(15)4)21(5)18(22)24/h8,12,14H,6-7,9-11H2,1-5H3/t14-/m1/s1. The summed E-state index contributed by atoms with van der Waals surface area (Å²) in [6.07, 6.45) is 7.89. The maximum Gasteiger partial charge on any atom is 0.332 e. The van der Waals surface area contributed by atoms with Crippen LogP contribution in [0.1, 0.15) is 46.5 Å². The molecular weight excluding hydrogens is 304 g/mol. The lowest BCUT2D eigenvalue weighted by atomic mass is 9.99. The number of nitrogens with zero attached hydrogens (tertiary/aromatic N) is 4. The summed E-state index contributed by atoms with van der Waals surface area (Å²) >= 11 is 0. The molecule has 0 fully saturated rings. The summed E-state index contributed by atoms with van der Waals surface area (Å²) in [5.74, 6) is 0.584. The molecule has 24 heavy (non-hydrogen) atoms. The lowest BCUT2D eigenvalue weighted by Gasteiger charge is -2.12. The molecule has 0 radical (unpaired) electrons. The fraction of sp³-hybridized carbons (Fsp3) is 0.611. The molecule has 0 saturated heterocycles. The van der Waals surface area contributed by atoms with E-state index in [0.717, 1.165) is 25.7 Å². The zero-order valence-corrected chi connectivity index (χ0v) is 15.4. The SMILES string of the molecule is CC(C)=CCC[C@@H](C)CCCn1c(=O)c2c(ncn2C)n(C)c1=O. The highest BCUT2D eigenvalue weighted by molar-refractivity contribution is 5.69. The molecule has 2 rings (SSSR count). The first-order chi connectivity index (χ1) is 11.3. The predicted octanol–water partition coefficient (Wildman–Crippen LogP) is 2.60. The fourth-order valence-electron chi connectivity index (χ4n) is 2.99. The number of hydrogen-bond donors (Lipinski definition) is 0. The smallest absolute Gasteiger partial charge is 0.328 e. The van der Waals surface area contributed by atoms with Crippen LogP contribution in [0.15, 0.2) is 27.6 Å². The number of imidazole rings is 1. The zero-order chi connectivity index (χ0) is 17.9. The van der Waals surface area contributed by atoms with E-state index < -0.39 is 0 Å². The largest absolute Gasteiger partial charge is 0.332 e. The molecule has 0 spiro atoms. The van der Waals surface area contributed by atoms with Crippen LogP contribution in [0.4, 0.5) is 0 Å². The highest BCUT2D eigenvalue weighted by Gasteiger charge is 2.14. The van der Waals surface area contributed by atoms with Crippen molar-refractivity contribution in [1.82, 2.24) is 18.7 Å². The minimum absolute atomic E-state index is 0.245. The maximum absolute atomic E-state index is 12.6. The van der Waals surface area contributed by atoms with Gasteiger partial charge in [0.05, 0.1) is 6.33 Å². The third kappa shape index (κ3) is 3.86. The van der Waals surface area contributed by atoms with Gasteiger partial charge in [0, 0.05) is 20.6 Å². The Morgan fingerprint density at radius 3 is 2.62 bits per heavy atom. The van der Waals surface area contributed by atoms with Gasteiger partial charge in [0.1, 0.15) is 0 Å². The van der Waals surface area contributed by atoms with Crippen molar-refractivity contribution in [2.45, 2.75) is 53.0 Å². The highest BCUT2D eigenvalue weighted by atomic mass is 16.2. The van der Waals surface area contributed by atoms with E-state index in [-0.39, 0.29) is 11.2 Å². The molecule has 0 aliphatic heterocycles. The number of rotatable bonds is 7. The molecule has 6 nitrogen and oxygen atoms in total. The van der Waals surface area contributed by atoms with Crippen molar-refractivity contribution in [1.29, 1.82) is 0 Å². The van der Waals surface area contributed by atoms with Crippen molar-refractivity contribution in [2.75, 3.05) is 0 Å². The van der Waals surface area contributed by atoms with Gasteiger partial charge in [-0.15, -0.1) is 0 Å². The number of aromatic nitrogens is 4. The quantitative estimate of drug-likeness (QED) is 0.732. The molecule has 1 atom stereocenters. The van der Waals surface area contributed by atoms with E-state index in [9.17, 15) is 9.59 Å². The van der Waals surface area contributed by atoms with Crippen molar-refractivity contribution < 1.29 is 0 Å². The summed E-state index contributed by atoms with van der Waals surface area (Å²) in [4.78, 5) is 29.1. The van der Waals surface area contributed by atoms with Crippen molar-refractivity contribution >= 4 is 11.2 Å². The topological polar surface area (TPSA) is 61.8 Å². The highest BCUT2D eigenvalue weighted by Crippen LogP contribution is 2.14. The Hall–Kier alpha value is -2.11. The average molecular weight is 332 g/mol. The molecule has 0 aromatic carbocycles. The predicted molar refractivity (Wildman–Crippen MR) is 97.3 cm³/mol. The van der Waals surface area contributed by atoms with Crippen LogP contribution in [-0.4, -0.2) is 18.7 Å². The van der Waals surface area contributed by atoms with Gasteiger partial charge in [-0.2, -0.15) is 0 Å². The lowest BCUT2D eigenvalue weighted by Crippen LogP contribution is -2.39. The Balaban J connectivity index is 2.08. The summed E-state index contributed by atoms with van der Waals surface area (Å²) < 4.78 is 4.47. The first kappa shape index (κ1) is 18.2. The van der Waals surface area contributed by atoms with Crippen molar-refractivity contribution in [2.24, 2.45) is 20.0 Å². The molecule has 2 heterocycles. The Morgan fingerprint density at radius 2 is 1.96 bits per heavy atom. The fourth-order valence-corrected chi connectivity index (χ4v) is 2.99. The Labute approximate surface area is 142 Å². The van der Waals surface area contributed by atoms with Crippen LogP contribution in [0.25, 0.3) is 11.2 Å². The first-order valence-electron chi connectivity index (χ1n) is 8.57. The molecule has 0 aliphatic carbocycles. The first-order valence-corrected chi connectivity index (χ1v) is 8.57. The molecule has 0 saturated carbocycles. The summed E-state index contributed by atoms with van der Waals surface area (Å²) in [7, 11) is 3.44. The van der Waals surface area contributed by atoms with Gasteiger partial charge in [0.25, 0.3) is 5.56 Å². The van der Waals surface area contributed by atoms with Crippen LogP contribution >= 0.6 is 0 Å². The van der Waals surface area contributed by atoms with E-state index in [1.54, 1.807) is 25.0 Å². The van der Waals surface area contributed by atoms with Crippen LogP contribution in [0.2, 0.25) is 0 Å². The number of allylic oxidation sites excluding steroid dienone is 2. The van der Waals surface area contributed by atoms with E-state index in [2.05, 4.69) is 31.8 Å². The Bertz CT molecular complexity index is 850. The summed E-state index contributed by atoms with van der Waals surface area (Å²) in [5.41, 5.74) is 1.74. The second-order valence-electron chi connectivity index (χ2n) is 6.93. The third-order valence-corrected chi connectivity index (χ3v) is 4.49. The van der Waals surface area contributed by atoms with Crippen LogP contribution in [-0.2, 0) is 20.6 Å². The average Bonchev–Trinajstić information content (AvgIpc) is 2.90. The molecule has 132 valence electrons. The lowest BCUT2D eigenvalue weighted by molar-refractivity contribution is 0.444. The normalized spacial score (nSPS) is 12.5. The second kappa shape index (κ2) is 7.64. The number of fused-ring (bicyclic) bond motifs is 1. The van der Waals surface area contributed by atoms with Crippen molar-refractivity contribution in [3.05, 3.63) is 38.8 Å². The molecule has 0 amide bonds. The maximum atomic E-state index is 12.6. The summed E-state index contributed by atoms with van der Waals surface area (Å²) in [6.45, 7) is 6.91. The van der Waals surface area contributed by atoms with Gasteiger partial charge in [0.15, 0.2) is 11.2 Å². The third-order valence-electron chi connectivity index (χ3n) is 4.49. The Kier molecular flexibility index (Phi) is 5.80. The molecule has 0 unspecified atom stereocenters. The minimum Gasteiger partial charge on any atom is -0.328 e. The summed E-state index contributed by atoms with van der Waals surface area (Å²) in [5, 5.41) is 0. The molecule has 0 N–H and O–H groups in total. The molecule has 2 aromatic rings. The van der Waals surface area contributed by atoms with Gasteiger partial charge in [-0.25, -0.2) is 9.78 Å². The van der Waals surface area contributed by atoms with Gasteiger partial charge in [-0.05, 0) is 45.4 Å². The monoisotopic (exact) mass is 332 g/mol. The van der Waals surface area contributed by atoms with Crippen LogP contribution in [0, 0.1) is 5.92 Å². The summed E-state index contributed by atoms with van der Waals surface area (Å²) in [6, 6.07) is 0. The van der Waals surface area contributed by atoms with E-state index in [4.69, 9.17) is 0 Å². The minimum atomic E-state index is -0.289. The van der Waals surface area contributed by atoms with E-state index in [1.165, 1.54) is 14.7 Å². The van der Waals surface area contributed by atoms with Crippen molar-refractivity contribution in [3.63, 3.8) is 0 Å². The Morgan fingerprint density at radius 1 is 1.25 bits per heavy atom. The zero-order valence-electron chi connectivity index (χ0n) is 15.4. The van der Waals surface area contributed by atoms with Crippen LogP contribution < -0.4 is 11.2 Å².